The van der Waals surface area contributed by atoms with Gasteiger partial charge in [-0.1, -0.05) is 24.3 Å². The SMILES string of the molecule is O=C(Cn1c2ccccc2c(=O)c2ccccc21)N[C@H]1CC[C@@H](C(=O)O)C1. The largest absolute Gasteiger partial charge is 0.481 e. The van der Waals surface area contributed by atoms with Gasteiger partial charge >= 0.3 is 5.97 Å². The molecule has 2 aromatic carbocycles. The third kappa shape index (κ3) is 3.18. The number of carboxylic acids is 1. The smallest absolute Gasteiger partial charge is 0.306 e. The van der Waals surface area contributed by atoms with Crippen LogP contribution in [0.1, 0.15) is 19.3 Å². The molecular formula is C21H20N2O4. The number of aromatic nitrogens is 1. The van der Waals surface area contributed by atoms with Gasteiger partial charge in [0.15, 0.2) is 5.43 Å². The highest BCUT2D eigenvalue weighted by atomic mass is 16.4. The lowest BCUT2D eigenvalue weighted by atomic mass is 10.1. The Balaban J connectivity index is 1.67. The van der Waals surface area contributed by atoms with E-state index in [1.54, 1.807) is 12.1 Å². The Morgan fingerprint density at radius 3 is 2.15 bits per heavy atom. The van der Waals surface area contributed by atoms with Crippen molar-refractivity contribution in [3.63, 3.8) is 0 Å². The van der Waals surface area contributed by atoms with Gasteiger partial charge in [-0.25, -0.2) is 0 Å². The number of carboxylic acid groups (broad SMARTS) is 1. The van der Waals surface area contributed by atoms with E-state index in [9.17, 15) is 14.4 Å². The lowest BCUT2D eigenvalue weighted by Gasteiger charge is -2.17. The van der Waals surface area contributed by atoms with E-state index in [0.717, 1.165) is 0 Å². The molecule has 27 heavy (non-hydrogen) atoms. The van der Waals surface area contributed by atoms with Gasteiger partial charge in [-0.2, -0.15) is 0 Å². The van der Waals surface area contributed by atoms with Crippen LogP contribution < -0.4 is 10.7 Å². The zero-order valence-electron chi connectivity index (χ0n) is 14.7. The van der Waals surface area contributed by atoms with Gasteiger partial charge in [-0.15, -0.1) is 0 Å². The first-order valence-electron chi connectivity index (χ1n) is 9.07. The fraction of sp³-hybridized carbons (Fsp3) is 0.286. The van der Waals surface area contributed by atoms with E-state index in [2.05, 4.69) is 5.32 Å². The highest BCUT2D eigenvalue weighted by molar-refractivity contribution is 5.94. The summed E-state index contributed by atoms with van der Waals surface area (Å²) in [4.78, 5) is 36.5. The first kappa shape index (κ1) is 17.3. The number of hydrogen-bond donors (Lipinski definition) is 2. The lowest BCUT2D eigenvalue weighted by Crippen LogP contribution is -2.36. The van der Waals surface area contributed by atoms with Crippen LogP contribution in [0.25, 0.3) is 21.8 Å². The number of carbonyl (C=O) groups is 2. The van der Waals surface area contributed by atoms with Crippen LogP contribution in [0.2, 0.25) is 0 Å². The Bertz CT molecular complexity index is 1040. The number of nitrogens with one attached hydrogen (secondary N) is 1. The molecule has 0 bridgehead atoms. The second kappa shape index (κ2) is 6.87. The normalized spacial score (nSPS) is 19.4. The number of benzene rings is 2. The summed E-state index contributed by atoms with van der Waals surface area (Å²) in [7, 11) is 0. The van der Waals surface area contributed by atoms with Crippen LogP contribution in [-0.2, 0) is 16.1 Å². The zero-order chi connectivity index (χ0) is 19.0. The monoisotopic (exact) mass is 364 g/mol. The van der Waals surface area contributed by atoms with E-state index < -0.39 is 5.97 Å². The van der Waals surface area contributed by atoms with Crippen molar-refractivity contribution in [3.05, 3.63) is 58.8 Å². The Morgan fingerprint density at radius 2 is 1.59 bits per heavy atom. The van der Waals surface area contributed by atoms with Crippen molar-refractivity contribution >= 4 is 33.7 Å². The molecule has 0 radical (unpaired) electrons. The van der Waals surface area contributed by atoms with Gasteiger partial charge in [0.1, 0.15) is 6.54 Å². The molecule has 4 rings (SSSR count). The van der Waals surface area contributed by atoms with Crippen LogP contribution in [0, 0.1) is 5.92 Å². The average molecular weight is 364 g/mol. The van der Waals surface area contributed by atoms with Crippen LogP contribution in [0.5, 0.6) is 0 Å². The van der Waals surface area contributed by atoms with Crippen molar-refractivity contribution < 1.29 is 14.7 Å². The number of nitrogens with zero attached hydrogens (tertiary/aromatic N) is 1. The van der Waals surface area contributed by atoms with Crippen molar-refractivity contribution in [1.82, 2.24) is 9.88 Å². The Hall–Kier alpha value is -3.15. The van der Waals surface area contributed by atoms with Crippen LogP contribution in [0.3, 0.4) is 0 Å². The minimum absolute atomic E-state index is 0.0436. The third-order valence-corrected chi connectivity index (χ3v) is 5.33. The second-order valence-electron chi connectivity index (χ2n) is 7.06. The van der Waals surface area contributed by atoms with Crippen LogP contribution in [0.4, 0.5) is 0 Å². The molecule has 1 aliphatic rings. The van der Waals surface area contributed by atoms with Crippen LogP contribution in [0.15, 0.2) is 53.3 Å². The zero-order valence-corrected chi connectivity index (χ0v) is 14.7. The second-order valence-corrected chi connectivity index (χ2v) is 7.06. The summed E-state index contributed by atoms with van der Waals surface area (Å²) in [5.74, 6) is -1.36. The molecule has 2 N–H and O–H groups in total. The van der Waals surface area contributed by atoms with Gasteiger partial charge in [0, 0.05) is 16.8 Å². The highest BCUT2D eigenvalue weighted by Crippen LogP contribution is 2.26. The van der Waals surface area contributed by atoms with E-state index >= 15 is 0 Å². The molecule has 1 aliphatic carbocycles. The first-order chi connectivity index (χ1) is 13.0. The molecule has 138 valence electrons. The van der Waals surface area contributed by atoms with Crippen molar-refractivity contribution in [1.29, 1.82) is 0 Å². The quantitative estimate of drug-likeness (QED) is 0.696. The summed E-state index contributed by atoms with van der Waals surface area (Å²) in [5.41, 5.74) is 1.38. The maximum Gasteiger partial charge on any atom is 0.306 e. The van der Waals surface area contributed by atoms with E-state index in [4.69, 9.17) is 5.11 Å². The van der Waals surface area contributed by atoms with Crippen molar-refractivity contribution in [3.8, 4) is 0 Å². The predicted molar refractivity (Wildman–Crippen MR) is 103 cm³/mol. The summed E-state index contributed by atoms with van der Waals surface area (Å²) in [6, 6.07) is 14.4. The van der Waals surface area contributed by atoms with Crippen LogP contribution >= 0.6 is 0 Å². The molecule has 2 atom stereocenters. The number of fused-ring (bicyclic) bond motifs is 2. The fourth-order valence-electron chi connectivity index (χ4n) is 4.00. The van der Waals surface area contributed by atoms with Gasteiger partial charge in [0.05, 0.1) is 17.0 Å². The van der Waals surface area contributed by atoms with Crippen molar-refractivity contribution in [2.45, 2.75) is 31.8 Å². The Morgan fingerprint density at radius 1 is 1.00 bits per heavy atom. The highest BCUT2D eigenvalue weighted by Gasteiger charge is 2.30. The number of amides is 1. The van der Waals surface area contributed by atoms with Gasteiger partial charge in [0.25, 0.3) is 0 Å². The molecule has 6 heteroatoms. The minimum atomic E-state index is -0.802. The van der Waals surface area contributed by atoms with Gasteiger partial charge < -0.3 is 15.0 Å². The van der Waals surface area contributed by atoms with E-state index in [1.807, 2.05) is 41.0 Å². The number of para-hydroxylation sites is 2. The van der Waals surface area contributed by atoms with Gasteiger partial charge in [0.2, 0.25) is 5.91 Å². The Kier molecular flexibility index (Phi) is 4.39. The average Bonchev–Trinajstić information content (AvgIpc) is 3.14. The molecular weight excluding hydrogens is 344 g/mol. The molecule has 0 aliphatic heterocycles. The molecule has 0 spiro atoms. The van der Waals surface area contributed by atoms with E-state index in [-0.39, 0.29) is 29.8 Å². The maximum absolute atomic E-state index is 12.7. The lowest BCUT2D eigenvalue weighted by molar-refractivity contribution is -0.141. The van der Waals surface area contributed by atoms with Crippen LogP contribution in [-0.4, -0.2) is 27.6 Å². The number of aliphatic carboxylic acids is 1. The molecule has 1 aromatic heterocycles. The molecule has 1 heterocycles. The van der Waals surface area contributed by atoms with Crippen molar-refractivity contribution in [2.24, 2.45) is 5.92 Å². The molecule has 0 unspecified atom stereocenters. The van der Waals surface area contributed by atoms with E-state index in [0.29, 0.717) is 41.1 Å². The molecule has 6 nitrogen and oxygen atoms in total. The summed E-state index contributed by atoms with van der Waals surface area (Å²) in [6.07, 6.45) is 1.73. The first-order valence-corrected chi connectivity index (χ1v) is 9.07. The standard InChI is InChI=1S/C21H20N2O4/c24-19(22-14-10-9-13(11-14)21(26)27)12-23-17-7-3-1-5-15(17)20(25)16-6-2-4-8-18(16)23/h1-8,13-14H,9-12H2,(H,22,24)(H,26,27)/t13-,14+/m1/s1. The maximum atomic E-state index is 12.7. The summed E-state index contributed by atoms with van der Waals surface area (Å²) in [6.45, 7) is 0.0789. The number of rotatable bonds is 4. The summed E-state index contributed by atoms with van der Waals surface area (Å²) < 4.78 is 1.85. The van der Waals surface area contributed by atoms with E-state index in [1.165, 1.54) is 0 Å². The molecule has 0 saturated heterocycles. The number of carbonyl (C=O) groups excluding carboxylic acids is 1. The summed E-state index contributed by atoms with van der Waals surface area (Å²) >= 11 is 0. The molecule has 1 saturated carbocycles. The topological polar surface area (TPSA) is 88.4 Å². The van der Waals surface area contributed by atoms with Gasteiger partial charge in [-0.3, -0.25) is 14.4 Å². The minimum Gasteiger partial charge on any atom is -0.481 e. The van der Waals surface area contributed by atoms with Crippen molar-refractivity contribution in [2.75, 3.05) is 0 Å². The Labute approximate surface area is 155 Å². The molecule has 3 aromatic rings. The third-order valence-electron chi connectivity index (χ3n) is 5.33. The fourth-order valence-corrected chi connectivity index (χ4v) is 4.00. The van der Waals surface area contributed by atoms with Gasteiger partial charge in [-0.05, 0) is 43.5 Å². The number of hydrogen-bond acceptors (Lipinski definition) is 3. The molecule has 1 amide bonds. The summed E-state index contributed by atoms with van der Waals surface area (Å²) in [5, 5.41) is 13.2. The molecule has 1 fully saturated rings. The number of pyridine rings is 1. The predicted octanol–water partition coefficient (Wildman–Crippen LogP) is 2.52.